The van der Waals surface area contributed by atoms with Crippen molar-refractivity contribution in [2.45, 2.75) is 18.4 Å². The van der Waals surface area contributed by atoms with E-state index in [0.29, 0.717) is 5.56 Å². The Labute approximate surface area is 183 Å². The molecule has 0 unspecified atom stereocenters. The molecule has 0 aliphatic carbocycles. The lowest BCUT2D eigenvalue weighted by Gasteiger charge is -2.38. The predicted molar refractivity (Wildman–Crippen MR) is 117 cm³/mol. The third-order valence-electron chi connectivity index (χ3n) is 5.91. The fourth-order valence-electron chi connectivity index (χ4n) is 4.62. The van der Waals surface area contributed by atoms with E-state index in [2.05, 4.69) is 0 Å². The normalized spacial score (nSPS) is 18.3. The van der Waals surface area contributed by atoms with Crippen molar-refractivity contribution in [2.24, 2.45) is 0 Å². The molecule has 1 heterocycles. The number of carbonyl (C=O) groups excluding carboxylic acids is 3. The molecule has 2 atom stereocenters. The van der Waals surface area contributed by atoms with E-state index >= 15 is 0 Å². The summed E-state index contributed by atoms with van der Waals surface area (Å²) in [5, 5.41) is 13.4. The van der Waals surface area contributed by atoms with Gasteiger partial charge in [0.25, 0.3) is 0 Å². The summed E-state index contributed by atoms with van der Waals surface area (Å²) < 4.78 is 5.01. The molecule has 32 heavy (non-hydrogen) atoms. The lowest BCUT2D eigenvalue weighted by molar-refractivity contribution is -0.484. The minimum atomic E-state index is -2.24. The lowest BCUT2D eigenvalue weighted by atomic mass is 9.75. The van der Waals surface area contributed by atoms with Crippen molar-refractivity contribution in [1.29, 1.82) is 0 Å². The summed E-state index contributed by atoms with van der Waals surface area (Å²) in [6, 6.07) is 18.8. The molecule has 1 amide bonds. The topological polar surface area (TPSA) is 107 Å². The van der Waals surface area contributed by atoms with Gasteiger partial charge in [-0.25, -0.2) is 4.79 Å². The number of ether oxygens (including phenoxy) is 1. The van der Waals surface area contributed by atoms with Gasteiger partial charge in [0.15, 0.2) is 0 Å². The number of Topliss-reactive ketones (excluding diaryl/α,β-unsaturated/α-hetero) is 1. The van der Waals surface area contributed by atoms with Gasteiger partial charge in [-0.2, -0.15) is 0 Å². The number of hydrogen-bond donors (Lipinski definition) is 0. The van der Waals surface area contributed by atoms with E-state index in [-0.39, 0.29) is 11.3 Å². The second kappa shape index (κ2) is 7.88. The van der Waals surface area contributed by atoms with Crippen LogP contribution in [0.1, 0.15) is 28.8 Å². The summed E-state index contributed by atoms with van der Waals surface area (Å²) in [5.41, 5.74) is -1.48. The monoisotopic (exact) mass is 432 g/mol. The van der Waals surface area contributed by atoms with Crippen molar-refractivity contribution in [1.82, 2.24) is 0 Å². The average Bonchev–Trinajstić information content (AvgIpc) is 3.06. The van der Waals surface area contributed by atoms with Crippen LogP contribution >= 0.6 is 0 Å². The van der Waals surface area contributed by atoms with Crippen molar-refractivity contribution in [3.05, 3.63) is 88.0 Å². The van der Waals surface area contributed by atoms with E-state index < -0.39 is 40.6 Å². The largest absolute Gasteiger partial charge is 0.467 e. The second-order valence-corrected chi connectivity index (χ2v) is 7.63. The van der Waals surface area contributed by atoms with Crippen LogP contribution in [0.2, 0.25) is 0 Å². The molecular weight excluding hydrogens is 412 g/mol. The maximum Gasteiger partial charge on any atom is 0.341 e. The molecule has 0 spiro atoms. The van der Waals surface area contributed by atoms with Crippen LogP contribution in [0.3, 0.4) is 0 Å². The zero-order valence-corrected chi connectivity index (χ0v) is 17.5. The SMILES string of the molecule is COC(=O)[C@]1([C@H](C[N+](=O)[O-])c2ccc3ccccc3c2)C(=O)c2ccccc2N1C(C)=O. The van der Waals surface area contributed by atoms with Gasteiger partial charge in [-0.1, -0.05) is 54.6 Å². The Morgan fingerprint density at radius 2 is 1.72 bits per heavy atom. The van der Waals surface area contributed by atoms with Gasteiger partial charge < -0.3 is 4.74 Å². The molecule has 8 nitrogen and oxygen atoms in total. The number of nitro groups is 1. The highest BCUT2D eigenvalue weighted by Crippen LogP contribution is 2.47. The molecule has 0 fully saturated rings. The summed E-state index contributed by atoms with van der Waals surface area (Å²) in [6.45, 7) is 0.466. The van der Waals surface area contributed by atoms with Gasteiger partial charge in [0, 0.05) is 17.4 Å². The number of methoxy groups -OCH3 is 1. The number of amides is 1. The zero-order valence-electron chi connectivity index (χ0n) is 17.5. The predicted octanol–water partition coefficient (Wildman–Crippen LogP) is 3.36. The summed E-state index contributed by atoms with van der Waals surface area (Å²) in [6.07, 6.45) is 0. The quantitative estimate of drug-likeness (QED) is 0.265. The molecule has 0 saturated carbocycles. The molecule has 0 N–H and O–H groups in total. The minimum absolute atomic E-state index is 0.141. The molecule has 3 aromatic carbocycles. The third kappa shape index (κ3) is 3.03. The zero-order chi connectivity index (χ0) is 23.0. The van der Waals surface area contributed by atoms with Gasteiger partial charge in [-0.3, -0.25) is 24.6 Å². The molecule has 1 aliphatic rings. The number of hydrogen-bond acceptors (Lipinski definition) is 6. The number of para-hydroxylation sites is 1. The van der Waals surface area contributed by atoms with Gasteiger partial charge in [-0.15, -0.1) is 0 Å². The maximum atomic E-state index is 13.8. The molecule has 0 radical (unpaired) electrons. The molecular formula is C24H20N2O6. The number of anilines is 1. The molecule has 1 aliphatic heterocycles. The summed E-state index contributed by atoms with van der Waals surface area (Å²) in [4.78, 5) is 52.1. The molecule has 4 rings (SSSR count). The van der Waals surface area contributed by atoms with Crippen LogP contribution in [-0.2, 0) is 14.3 Å². The Hall–Kier alpha value is -4.07. The molecule has 0 saturated heterocycles. The van der Waals surface area contributed by atoms with Crippen molar-refractivity contribution < 1.29 is 24.0 Å². The molecule has 162 valence electrons. The van der Waals surface area contributed by atoms with Gasteiger partial charge in [-0.05, 0) is 28.5 Å². The van der Waals surface area contributed by atoms with Gasteiger partial charge in [0.1, 0.15) is 0 Å². The first-order valence-electron chi connectivity index (χ1n) is 9.96. The fraction of sp³-hybridized carbons (Fsp3) is 0.208. The molecule has 8 heteroatoms. The number of benzene rings is 3. The average molecular weight is 432 g/mol. The van der Waals surface area contributed by atoms with E-state index in [9.17, 15) is 24.5 Å². The third-order valence-corrected chi connectivity index (χ3v) is 5.91. The summed E-state index contributed by atoms with van der Waals surface area (Å²) in [7, 11) is 1.10. The Kier molecular flexibility index (Phi) is 5.22. The van der Waals surface area contributed by atoms with Gasteiger partial charge in [0.2, 0.25) is 23.8 Å². The van der Waals surface area contributed by atoms with Gasteiger partial charge in [0.05, 0.1) is 18.7 Å². The number of carbonyl (C=O) groups is 3. The first-order chi connectivity index (χ1) is 15.3. The number of esters is 1. The van der Waals surface area contributed by atoms with Crippen LogP contribution in [0.4, 0.5) is 5.69 Å². The highest BCUT2D eigenvalue weighted by molar-refractivity contribution is 6.30. The number of fused-ring (bicyclic) bond motifs is 2. The van der Waals surface area contributed by atoms with Crippen LogP contribution in [0.25, 0.3) is 10.8 Å². The van der Waals surface area contributed by atoms with E-state index in [4.69, 9.17) is 4.74 Å². The van der Waals surface area contributed by atoms with Crippen molar-refractivity contribution in [3.8, 4) is 0 Å². The molecule has 0 aromatic heterocycles. The van der Waals surface area contributed by atoms with E-state index in [0.717, 1.165) is 22.8 Å². The number of rotatable bonds is 5. The standard InChI is InChI=1S/C24H20N2O6/c1-15(27)26-21-10-6-5-9-19(21)22(28)24(26,23(29)32-2)20(14-25(30)31)18-12-11-16-7-3-4-8-17(16)13-18/h3-13,20H,14H2,1-2H3/t20-,24+/m1/s1. The van der Waals surface area contributed by atoms with Crippen LogP contribution < -0.4 is 4.90 Å². The van der Waals surface area contributed by atoms with Crippen LogP contribution in [0, 0.1) is 10.1 Å². The summed E-state index contributed by atoms with van der Waals surface area (Å²) in [5.74, 6) is -3.59. The molecule has 0 bridgehead atoms. The van der Waals surface area contributed by atoms with E-state index in [1.54, 1.807) is 36.4 Å². The number of nitrogens with zero attached hydrogens (tertiary/aromatic N) is 2. The fourth-order valence-corrected chi connectivity index (χ4v) is 4.62. The number of ketones is 1. The Balaban J connectivity index is 2.04. The van der Waals surface area contributed by atoms with Crippen LogP contribution in [0.5, 0.6) is 0 Å². The minimum Gasteiger partial charge on any atom is -0.467 e. The molecule has 3 aromatic rings. The first-order valence-corrected chi connectivity index (χ1v) is 9.96. The van der Waals surface area contributed by atoms with Crippen molar-refractivity contribution >= 4 is 34.1 Å². The van der Waals surface area contributed by atoms with Crippen LogP contribution in [-0.4, -0.2) is 41.8 Å². The maximum absolute atomic E-state index is 13.8. The van der Waals surface area contributed by atoms with Crippen molar-refractivity contribution in [3.63, 3.8) is 0 Å². The second-order valence-electron chi connectivity index (χ2n) is 7.63. The van der Waals surface area contributed by atoms with Crippen LogP contribution in [0.15, 0.2) is 66.7 Å². The highest BCUT2D eigenvalue weighted by atomic mass is 16.6. The lowest BCUT2D eigenvalue weighted by Crippen LogP contribution is -2.63. The van der Waals surface area contributed by atoms with Gasteiger partial charge >= 0.3 is 5.97 Å². The van der Waals surface area contributed by atoms with E-state index in [1.807, 2.05) is 24.3 Å². The highest BCUT2D eigenvalue weighted by Gasteiger charge is 2.65. The Morgan fingerprint density at radius 3 is 2.38 bits per heavy atom. The summed E-state index contributed by atoms with van der Waals surface area (Å²) >= 11 is 0. The smallest absolute Gasteiger partial charge is 0.341 e. The van der Waals surface area contributed by atoms with E-state index in [1.165, 1.54) is 13.0 Å². The Morgan fingerprint density at radius 1 is 1.06 bits per heavy atom. The first kappa shape index (κ1) is 21.2. The Bertz CT molecular complexity index is 1270. The van der Waals surface area contributed by atoms with Crippen molar-refractivity contribution in [2.75, 3.05) is 18.6 Å².